The maximum atomic E-state index is 12.4. The number of likely N-dealkylation sites (tertiary alicyclic amines) is 1. The summed E-state index contributed by atoms with van der Waals surface area (Å²) in [5.74, 6) is 0. The van der Waals surface area contributed by atoms with Crippen molar-refractivity contribution < 1.29 is 8.76 Å². The van der Waals surface area contributed by atoms with Crippen molar-refractivity contribution in [3.63, 3.8) is 0 Å². The molecule has 7 heteroatoms. The largest absolute Gasteiger partial charge is 0.592 e. The fraction of sp³-hybridized carbons (Fsp3) is 0.300. The molecule has 0 amide bonds. The highest BCUT2D eigenvalue weighted by Crippen LogP contribution is 2.26. The van der Waals surface area contributed by atoms with Crippen LogP contribution in [0.4, 0.5) is 0 Å². The molecule has 0 saturated carbocycles. The van der Waals surface area contributed by atoms with Gasteiger partial charge in [-0.05, 0) is 52.9 Å². The molecule has 1 aliphatic heterocycles. The van der Waals surface area contributed by atoms with Crippen molar-refractivity contribution in [3.8, 4) is 10.4 Å². The van der Waals surface area contributed by atoms with E-state index in [2.05, 4.69) is 51.4 Å². The predicted molar refractivity (Wildman–Crippen MR) is 113 cm³/mol. The first-order valence-electron chi connectivity index (χ1n) is 9.01. The third kappa shape index (κ3) is 4.74. The Hall–Kier alpha value is -1.35. The molecule has 1 N–H and O–H groups in total. The molecular weight excluding hydrogens is 396 g/mol. The number of sulfonamides is 1. The molecule has 2 aromatic heterocycles. The van der Waals surface area contributed by atoms with Gasteiger partial charge in [0.1, 0.15) is 0 Å². The maximum Gasteiger partial charge on any atom is 0.228 e. The summed E-state index contributed by atoms with van der Waals surface area (Å²) in [5, 5.41) is 3.89. The Morgan fingerprint density at radius 1 is 1.07 bits per heavy atom. The number of benzene rings is 1. The van der Waals surface area contributed by atoms with Gasteiger partial charge in [0.2, 0.25) is 4.21 Å². The van der Waals surface area contributed by atoms with Crippen molar-refractivity contribution in [1.29, 1.82) is 0 Å². The van der Waals surface area contributed by atoms with Crippen LogP contribution in [0.5, 0.6) is 0 Å². The van der Waals surface area contributed by atoms with E-state index >= 15 is 0 Å². The smallest absolute Gasteiger partial charge is 0.228 e. The van der Waals surface area contributed by atoms with Crippen molar-refractivity contribution in [2.75, 3.05) is 13.1 Å². The summed E-state index contributed by atoms with van der Waals surface area (Å²) >= 11 is 3.02. The normalized spacial score (nSPS) is 18.4. The summed E-state index contributed by atoms with van der Waals surface area (Å²) in [6, 6.07) is 16.4. The van der Waals surface area contributed by atoms with Crippen molar-refractivity contribution in [1.82, 2.24) is 9.62 Å². The average molecular weight is 419 g/mol. The minimum absolute atomic E-state index is 0.0193. The van der Waals surface area contributed by atoms with Crippen LogP contribution in [0.1, 0.15) is 18.4 Å². The van der Waals surface area contributed by atoms with E-state index in [4.69, 9.17) is 0 Å². The molecule has 4 nitrogen and oxygen atoms in total. The molecule has 0 radical (unpaired) electrons. The van der Waals surface area contributed by atoms with Gasteiger partial charge in [0.15, 0.2) is 10.4 Å². The fourth-order valence-electron chi connectivity index (χ4n) is 3.43. The zero-order valence-electron chi connectivity index (χ0n) is 14.9. The van der Waals surface area contributed by atoms with Gasteiger partial charge in [0.05, 0.1) is 6.04 Å². The average Bonchev–Trinajstić information content (AvgIpc) is 3.38. The van der Waals surface area contributed by atoms with Gasteiger partial charge in [0, 0.05) is 30.6 Å². The maximum absolute atomic E-state index is 12.4. The number of rotatable bonds is 6. The number of hydrogen-bond acceptors (Lipinski definition) is 5. The molecule has 1 aliphatic rings. The van der Waals surface area contributed by atoms with Crippen LogP contribution >= 0.6 is 22.7 Å². The summed E-state index contributed by atoms with van der Waals surface area (Å²) < 4.78 is 28.0. The van der Waals surface area contributed by atoms with Crippen LogP contribution in [0.25, 0.3) is 10.4 Å². The van der Waals surface area contributed by atoms with Crippen molar-refractivity contribution in [3.05, 3.63) is 64.9 Å². The van der Waals surface area contributed by atoms with Crippen LogP contribution in [0.2, 0.25) is 0 Å². The van der Waals surface area contributed by atoms with Gasteiger partial charge >= 0.3 is 0 Å². The molecule has 27 heavy (non-hydrogen) atoms. The minimum Gasteiger partial charge on any atom is -0.592 e. The van der Waals surface area contributed by atoms with Crippen LogP contribution in [-0.2, 0) is 21.2 Å². The zero-order chi connectivity index (χ0) is 18.7. The van der Waals surface area contributed by atoms with Crippen molar-refractivity contribution in [2.24, 2.45) is 0 Å². The van der Waals surface area contributed by atoms with E-state index in [9.17, 15) is 8.76 Å². The molecule has 4 rings (SSSR count). The molecule has 142 valence electrons. The van der Waals surface area contributed by atoms with Crippen LogP contribution in [-0.4, -0.2) is 28.6 Å². The first-order valence-corrected chi connectivity index (χ1v) is 12.3. The zero-order valence-corrected chi connectivity index (χ0v) is 17.3. The molecule has 3 aromatic rings. The molecule has 1 unspecified atom stereocenters. The molecule has 1 aromatic carbocycles. The van der Waals surface area contributed by atoms with Crippen LogP contribution in [0.15, 0.2) is 63.5 Å². The highest BCUT2D eigenvalue weighted by molar-refractivity contribution is 7.97. The molecular formula is C20H22N2O2S3. The van der Waals surface area contributed by atoms with Crippen molar-refractivity contribution in [2.45, 2.75) is 29.6 Å². The lowest BCUT2D eigenvalue weighted by Crippen LogP contribution is -2.46. The fourth-order valence-corrected chi connectivity index (χ4v) is 6.47. The Morgan fingerprint density at radius 3 is 2.56 bits per heavy atom. The summed E-state index contributed by atoms with van der Waals surface area (Å²) in [4.78, 5) is 3.70. The second-order valence-electron chi connectivity index (χ2n) is 6.78. The second kappa shape index (κ2) is 8.34. The first kappa shape index (κ1) is 19.0. The molecule has 1 saturated heterocycles. The lowest BCUT2D eigenvalue weighted by Gasteiger charge is -2.32. The Morgan fingerprint density at radius 2 is 1.85 bits per heavy atom. The van der Waals surface area contributed by atoms with Gasteiger partial charge in [-0.1, -0.05) is 39.8 Å². The molecule has 1 atom stereocenters. The topological polar surface area (TPSA) is 55.4 Å². The van der Waals surface area contributed by atoms with Crippen LogP contribution in [0.3, 0.4) is 0 Å². The predicted octanol–water partition coefficient (Wildman–Crippen LogP) is 4.63. The monoisotopic (exact) mass is 418 g/mol. The molecule has 3 heterocycles. The van der Waals surface area contributed by atoms with Gasteiger partial charge in [-0.2, -0.15) is 0 Å². The SMILES string of the molecule is O=[S+]([O-])(NC1CCN(Cc2cccc(-c3cccs3)c2)CC1)c1cccs1. The summed E-state index contributed by atoms with van der Waals surface area (Å²) in [7, 11) is -3.37. The van der Waals surface area contributed by atoms with E-state index in [1.807, 2.05) is 0 Å². The minimum atomic E-state index is -3.37. The van der Waals surface area contributed by atoms with Gasteiger partial charge in [0.25, 0.3) is 0 Å². The van der Waals surface area contributed by atoms with Gasteiger partial charge in [-0.25, -0.2) is 0 Å². The molecule has 0 spiro atoms. The molecule has 0 bridgehead atoms. The number of thiophene rings is 2. The van der Waals surface area contributed by atoms with Crippen LogP contribution < -0.4 is 4.72 Å². The van der Waals surface area contributed by atoms with E-state index in [1.165, 1.54) is 27.3 Å². The lowest BCUT2D eigenvalue weighted by atomic mass is 10.0. The Bertz CT molecular complexity index is 901. The first-order chi connectivity index (χ1) is 13.1. The Balaban J connectivity index is 1.32. The lowest BCUT2D eigenvalue weighted by molar-refractivity contribution is 0.198. The third-order valence-electron chi connectivity index (χ3n) is 4.81. The highest BCUT2D eigenvalue weighted by Gasteiger charge is 2.28. The Labute approximate surface area is 169 Å². The van der Waals surface area contributed by atoms with E-state index in [0.29, 0.717) is 4.21 Å². The highest BCUT2D eigenvalue weighted by atomic mass is 32.3. The third-order valence-corrected chi connectivity index (χ3v) is 8.65. The van der Waals surface area contributed by atoms with Crippen LogP contribution in [0, 0.1) is 0 Å². The molecule has 0 aliphatic carbocycles. The number of hydrogen-bond donors (Lipinski definition) is 1. The Kier molecular flexibility index (Phi) is 5.87. The van der Waals surface area contributed by atoms with Gasteiger partial charge < -0.3 is 4.55 Å². The molecule has 1 fully saturated rings. The summed E-state index contributed by atoms with van der Waals surface area (Å²) in [5.41, 5.74) is 2.57. The van der Waals surface area contributed by atoms with E-state index < -0.39 is 10.4 Å². The summed E-state index contributed by atoms with van der Waals surface area (Å²) in [6.45, 7) is 2.71. The van der Waals surface area contributed by atoms with Gasteiger partial charge in [-0.15, -0.1) is 16.1 Å². The van der Waals surface area contributed by atoms with E-state index in [-0.39, 0.29) is 6.04 Å². The number of piperidine rings is 1. The van der Waals surface area contributed by atoms with Crippen molar-refractivity contribution >= 4 is 33.1 Å². The number of nitrogens with zero attached hydrogens (tertiary/aromatic N) is 1. The second-order valence-corrected chi connectivity index (χ2v) is 10.6. The number of nitrogens with one attached hydrogen (secondary N) is 1. The van der Waals surface area contributed by atoms with Gasteiger partial charge in [-0.3, -0.25) is 4.90 Å². The standard InChI is InChI=1S/C20H22N2O2S3/c23-27(24,20-7-3-13-26-20)21-18-8-10-22(11-9-18)15-16-4-1-5-17(14-16)19-6-2-12-25-19/h1-7,12-14,18H,8-11,15H2,(H-,21,23,24). The quantitative estimate of drug-likeness (QED) is 0.594. The van der Waals surface area contributed by atoms with E-state index in [1.54, 1.807) is 28.8 Å². The summed E-state index contributed by atoms with van der Waals surface area (Å²) in [6.07, 6.45) is 1.68. The van der Waals surface area contributed by atoms with E-state index in [0.717, 1.165) is 32.5 Å².